The predicted octanol–water partition coefficient (Wildman–Crippen LogP) is 1.52. The van der Waals surface area contributed by atoms with Crippen molar-refractivity contribution in [3.8, 4) is 5.75 Å². The molecule has 8 nitrogen and oxygen atoms in total. The molecule has 1 aliphatic heterocycles. The van der Waals surface area contributed by atoms with E-state index in [0.29, 0.717) is 6.07 Å². The van der Waals surface area contributed by atoms with E-state index in [2.05, 4.69) is 5.32 Å². The normalized spacial score (nSPS) is 15.8. The van der Waals surface area contributed by atoms with E-state index in [1.54, 1.807) is 27.7 Å². The first-order valence-corrected chi connectivity index (χ1v) is 8.95. The topological polar surface area (TPSA) is 111 Å². The molecule has 0 aromatic heterocycles. The van der Waals surface area contributed by atoms with Gasteiger partial charge >= 0.3 is 19.1 Å². The number of amides is 1. The summed E-state index contributed by atoms with van der Waals surface area (Å²) in [6.07, 6.45) is -0.183. The van der Waals surface area contributed by atoms with Gasteiger partial charge in [0.25, 0.3) is 0 Å². The summed E-state index contributed by atoms with van der Waals surface area (Å²) in [5.41, 5.74) is -1.63. The van der Waals surface area contributed by atoms with Gasteiger partial charge in [0.2, 0.25) is 12.7 Å². The highest BCUT2D eigenvalue weighted by Gasteiger charge is 2.40. The van der Waals surface area contributed by atoms with Crippen molar-refractivity contribution >= 4 is 25.0 Å². The van der Waals surface area contributed by atoms with E-state index in [0.717, 1.165) is 0 Å². The molecule has 0 saturated heterocycles. The second kappa shape index (κ2) is 8.77. The summed E-state index contributed by atoms with van der Waals surface area (Å²) < 4.78 is 43.1. The first kappa shape index (κ1) is 22.6. The monoisotopic (exact) mass is 413 g/mol. The summed E-state index contributed by atoms with van der Waals surface area (Å²) in [7, 11) is -1.59. The Labute approximate surface area is 166 Å². The molecule has 1 atom stereocenters. The Hall–Kier alpha value is -2.69. The van der Waals surface area contributed by atoms with Crippen molar-refractivity contribution in [3.63, 3.8) is 0 Å². The number of carbonyl (C=O) groups excluding carboxylic acids is 3. The maximum Gasteiger partial charge on any atom is 0.547 e. The van der Waals surface area contributed by atoms with E-state index >= 15 is 0 Å². The third kappa shape index (κ3) is 5.23. The molecule has 29 heavy (non-hydrogen) atoms. The lowest BCUT2D eigenvalue weighted by Gasteiger charge is -2.29. The standard InChI is InChI=1S/C18H22BF2NO7/c1-5-13(23)22-12-7-9-14(21)11(20)6-10(15(9)29-19(12)26)16(24)27-8-28-17(25)18(2,3)4/h6,12,26H,5,7-8H2,1-4H3,(H,22,23). The number of nitrogens with one attached hydrogen (secondary N) is 1. The van der Waals surface area contributed by atoms with Gasteiger partial charge in [0.1, 0.15) is 11.3 Å². The molecule has 1 aliphatic rings. The summed E-state index contributed by atoms with van der Waals surface area (Å²) in [5.74, 6) is -6.20. The molecule has 1 heterocycles. The highest BCUT2D eigenvalue weighted by molar-refractivity contribution is 6.47. The molecule has 0 bridgehead atoms. The van der Waals surface area contributed by atoms with Gasteiger partial charge in [0.15, 0.2) is 11.6 Å². The van der Waals surface area contributed by atoms with Crippen LogP contribution in [-0.2, 0) is 25.5 Å². The highest BCUT2D eigenvalue weighted by Crippen LogP contribution is 2.34. The lowest BCUT2D eigenvalue weighted by molar-refractivity contribution is -0.161. The quantitative estimate of drug-likeness (QED) is 0.428. The average Bonchev–Trinajstić information content (AvgIpc) is 2.64. The Morgan fingerprint density at radius 3 is 2.55 bits per heavy atom. The van der Waals surface area contributed by atoms with Crippen molar-refractivity contribution in [2.24, 2.45) is 5.41 Å². The van der Waals surface area contributed by atoms with Crippen molar-refractivity contribution in [2.75, 3.05) is 6.79 Å². The Balaban J connectivity index is 2.22. The van der Waals surface area contributed by atoms with Crippen LogP contribution in [0.2, 0.25) is 0 Å². The molecule has 158 valence electrons. The second-order valence-electron chi connectivity index (χ2n) is 7.50. The SMILES string of the molecule is CCC(=O)NC1Cc2c(F)c(F)cc(C(=O)OCOC(=O)C(C)(C)C)c2OB1O. The van der Waals surface area contributed by atoms with Gasteiger partial charge in [-0.15, -0.1) is 0 Å². The van der Waals surface area contributed by atoms with Crippen LogP contribution in [0.15, 0.2) is 6.07 Å². The lowest BCUT2D eigenvalue weighted by atomic mass is 9.72. The van der Waals surface area contributed by atoms with E-state index in [1.807, 2.05) is 0 Å². The number of rotatable bonds is 5. The number of hydrogen-bond acceptors (Lipinski definition) is 7. The molecule has 0 saturated carbocycles. The van der Waals surface area contributed by atoms with E-state index in [9.17, 15) is 28.2 Å². The Morgan fingerprint density at radius 1 is 1.31 bits per heavy atom. The molecule has 0 spiro atoms. The van der Waals surface area contributed by atoms with Crippen LogP contribution < -0.4 is 9.97 Å². The smallest absolute Gasteiger partial charge is 0.534 e. The number of esters is 2. The van der Waals surface area contributed by atoms with E-state index < -0.39 is 66.1 Å². The number of benzene rings is 1. The van der Waals surface area contributed by atoms with Gasteiger partial charge < -0.3 is 24.5 Å². The zero-order valence-electron chi connectivity index (χ0n) is 16.5. The van der Waals surface area contributed by atoms with Crippen molar-refractivity contribution in [1.82, 2.24) is 5.32 Å². The molecule has 0 aliphatic carbocycles. The van der Waals surface area contributed by atoms with Gasteiger partial charge in [-0.25, -0.2) is 13.6 Å². The first-order chi connectivity index (χ1) is 13.5. The van der Waals surface area contributed by atoms with Crippen LogP contribution in [0.3, 0.4) is 0 Å². The molecule has 2 rings (SSSR count). The van der Waals surface area contributed by atoms with Gasteiger partial charge in [-0.2, -0.15) is 0 Å². The summed E-state index contributed by atoms with van der Waals surface area (Å²) in [6.45, 7) is 5.66. The van der Waals surface area contributed by atoms with Gasteiger partial charge in [0.05, 0.1) is 11.4 Å². The van der Waals surface area contributed by atoms with E-state index in [1.165, 1.54) is 0 Å². The van der Waals surface area contributed by atoms with Gasteiger partial charge in [-0.05, 0) is 33.3 Å². The van der Waals surface area contributed by atoms with Crippen LogP contribution in [0.1, 0.15) is 50.0 Å². The van der Waals surface area contributed by atoms with E-state index in [-0.39, 0.29) is 18.4 Å². The minimum absolute atomic E-state index is 0.118. The van der Waals surface area contributed by atoms with Crippen molar-refractivity contribution in [2.45, 2.75) is 46.5 Å². The van der Waals surface area contributed by atoms with Crippen LogP contribution in [0.25, 0.3) is 0 Å². The maximum atomic E-state index is 14.3. The summed E-state index contributed by atoms with van der Waals surface area (Å²) in [5, 5.41) is 12.5. The van der Waals surface area contributed by atoms with E-state index in [4.69, 9.17) is 14.1 Å². The Morgan fingerprint density at radius 2 is 1.97 bits per heavy atom. The molecule has 0 radical (unpaired) electrons. The minimum Gasteiger partial charge on any atom is -0.534 e. The van der Waals surface area contributed by atoms with Crippen molar-refractivity contribution in [3.05, 3.63) is 28.8 Å². The third-order valence-electron chi connectivity index (χ3n) is 4.15. The molecule has 1 amide bonds. The Bertz CT molecular complexity index is 825. The zero-order valence-corrected chi connectivity index (χ0v) is 16.5. The molecule has 11 heteroatoms. The molecule has 2 N–H and O–H groups in total. The summed E-state index contributed by atoms with van der Waals surface area (Å²) in [6, 6.07) is 0.569. The summed E-state index contributed by atoms with van der Waals surface area (Å²) in [4.78, 5) is 35.5. The lowest BCUT2D eigenvalue weighted by Crippen LogP contribution is -2.53. The van der Waals surface area contributed by atoms with Crippen LogP contribution in [0.5, 0.6) is 5.75 Å². The number of carbonyl (C=O) groups is 3. The fourth-order valence-electron chi connectivity index (χ4n) is 2.52. The third-order valence-corrected chi connectivity index (χ3v) is 4.15. The largest absolute Gasteiger partial charge is 0.547 e. The number of halogens is 2. The van der Waals surface area contributed by atoms with Crippen LogP contribution in [-0.4, -0.2) is 42.7 Å². The predicted molar refractivity (Wildman–Crippen MR) is 96.7 cm³/mol. The Kier molecular flexibility index (Phi) is 6.83. The molecule has 1 aromatic rings. The fourth-order valence-corrected chi connectivity index (χ4v) is 2.52. The molecule has 0 fully saturated rings. The zero-order chi connectivity index (χ0) is 21.9. The number of hydrogen-bond donors (Lipinski definition) is 2. The molecule has 1 unspecified atom stereocenters. The summed E-state index contributed by atoms with van der Waals surface area (Å²) >= 11 is 0. The first-order valence-electron chi connectivity index (χ1n) is 8.95. The van der Waals surface area contributed by atoms with Gasteiger partial charge in [0, 0.05) is 12.0 Å². The maximum absolute atomic E-state index is 14.3. The second-order valence-corrected chi connectivity index (χ2v) is 7.50. The molecular formula is C18H22BF2NO7. The number of fused-ring (bicyclic) bond motifs is 1. The van der Waals surface area contributed by atoms with Gasteiger partial charge in [-0.1, -0.05) is 6.92 Å². The van der Waals surface area contributed by atoms with Crippen LogP contribution >= 0.6 is 0 Å². The van der Waals surface area contributed by atoms with Crippen LogP contribution in [0.4, 0.5) is 8.78 Å². The van der Waals surface area contributed by atoms with Crippen molar-refractivity contribution < 1.29 is 42.3 Å². The number of ether oxygens (including phenoxy) is 2. The van der Waals surface area contributed by atoms with Crippen LogP contribution in [0, 0.1) is 17.0 Å². The fraction of sp³-hybridized carbons (Fsp3) is 0.500. The van der Waals surface area contributed by atoms with Crippen molar-refractivity contribution in [1.29, 1.82) is 0 Å². The molecular weight excluding hydrogens is 391 g/mol. The average molecular weight is 413 g/mol. The van der Waals surface area contributed by atoms with Gasteiger partial charge in [-0.3, -0.25) is 9.59 Å². The minimum atomic E-state index is -1.59. The molecule has 1 aromatic carbocycles. The highest BCUT2D eigenvalue weighted by atomic mass is 19.2.